The fourth-order valence-electron chi connectivity index (χ4n) is 1.84. The van der Waals surface area contributed by atoms with Gasteiger partial charge in [0.25, 0.3) is 0 Å². The maximum Gasteiger partial charge on any atom is 0.0433 e. The van der Waals surface area contributed by atoms with Crippen molar-refractivity contribution in [2.24, 2.45) is 0 Å². The lowest BCUT2D eigenvalue weighted by atomic mass is 9.99. The minimum Gasteiger partial charge on any atom is -0.309 e. The van der Waals surface area contributed by atoms with Crippen LogP contribution in [0.1, 0.15) is 43.9 Å². The van der Waals surface area contributed by atoms with Crippen LogP contribution in [0.5, 0.6) is 0 Å². The molecule has 1 nitrogen and oxygen atoms in total. The van der Waals surface area contributed by atoms with Gasteiger partial charge in [-0.1, -0.05) is 24.6 Å². The summed E-state index contributed by atoms with van der Waals surface area (Å²) in [5.74, 6) is 6.11. The topological polar surface area (TPSA) is 12.0 Å². The number of halogens is 1. The van der Waals surface area contributed by atoms with Crippen LogP contribution in [0.25, 0.3) is 0 Å². The average Bonchev–Trinajstić information content (AvgIpc) is 2.30. The standard InChI is InChI=1S/C15H20ClN/c1-4-6-7-15(17-10-5-2)14-9-8-13(16)11-12(14)3/h8-9,11,15,17H,5,7,10H2,1-3H3. The highest BCUT2D eigenvalue weighted by atomic mass is 35.5. The summed E-state index contributed by atoms with van der Waals surface area (Å²) in [7, 11) is 0. The molecule has 1 N–H and O–H groups in total. The summed E-state index contributed by atoms with van der Waals surface area (Å²) in [6, 6.07) is 6.36. The quantitative estimate of drug-likeness (QED) is 0.775. The molecular weight excluding hydrogens is 230 g/mol. The van der Waals surface area contributed by atoms with E-state index in [9.17, 15) is 0 Å². The fraction of sp³-hybridized carbons (Fsp3) is 0.467. The Kier molecular flexibility index (Phi) is 6.11. The third kappa shape index (κ3) is 4.42. The molecule has 1 rings (SSSR count). The fourth-order valence-corrected chi connectivity index (χ4v) is 2.07. The van der Waals surface area contributed by atoms with Crippen LogP contribution in [-0.4, -0.2) is 6.54 Å². The van der Waals surface area contributed by atoms with Crippen LogP contribution < -0.4 is 5.32 Å². The molecule has 2 heteroatoms. The van der Waals surface area contributed by atoms with E-state index in [1.54, 1.807) is 0 Å². The predicted molar refractivity (Wildman–Crippen MR) is 75.3 cm³/mol. The van der Waals surface area contributed by atoms with Crippen LogP contribution in [0.2, 0.25) is 5.02 Å². The molecule has 0 saturated heterocycles. The number of hydrogen-bond donors (Lipinski definition) is 1. The van der Waals surface area contributed by atoms with Crippen molar-refractivity contribution in [3.8, 4) is 11.8 Å². The van der Waals surface area contributed by atoms with Crippen LogP contribution in [0.3, 0.4) is 0 Å². The first-order chi connectivity index (χ1) is 8.19. The molecule has 0 fully saturated rings. The molecule has 0 aliphatic heterocycles. The van der Waals surface area contributed by atoms with Crippen molar-refractivity contribution in [1.29, 1.82) is 0 Å². The Hall–Kier alpha value is -0.970. The SMILES string of the molecule is CC#CCC(NCCC)c1ccc(Cl)cc1C. The molecule has 0 amide bonds. The highest BCUT2D eigenvalue weighted by Gasteiger charge is 2.11. The van der Waals surface area contributed by atoms with E-state index < -0.39 is 0 Å². The highest BCUT2D eigenvalue weighted by molar-refractivity contribution is 6.30. The molecule has 0 bridgehead atoms. The van der Waals surface area contributed by atoms with Gasteiger partial charge in [-0.25, -0.2) is 0 Å². The number of benzene rings is 1. The normalized spacial score (nSPS) is 11.8. The minimum absolute atomic E-state index is 0.305. The Morgan fingerprint density at radius 3 is 2.76 bits per heavy atom. The van der Waals surface area contributed by atoms with E-state index >= 15 is 0 Å². The van der Waals surface area contributed by atoms with Crippen molar-refractivity contribution < 1.29 is 0 Å². The lowest BCUT2D eigenvalue weighted by molar-refractivity contribution is 0.540. The largest absolute Gasteiger partial charge is 0.309 e. The molecule has 0 spiro atoms. The molecule has 1 unspecified atom stereocenters. The highest BCUT2D eigenvalue weighted by Crippen LogP contribution is 2.23. The van der Waals surface area contributed by atoms with E-state index in [1.807, 2.05) is 19.1 Å². The second-order valence-corrected chi connectivity index (χ2v) is 4.57. The zero-order chi connectivity index (χ0) is 12.7. The molecule has 92 valence electrons. The monoisotopic (exact) mass is 249 g/mol. The maximum absolute atomic E-state index is 5.98. The molecule has 0 aliphatic rings. The molecule has 0 aliphatic carbocycles. The molecule has 0 radical (unpaired) electrons. The molecule has 0 aromatic heterocycles. The summed E-state index contributed by atoms with van der Waals surface area (Å²) in [5, 5.41) is 4.33. The minimum atomic E-state index is 0.305. The zero-order valence-electron chi connectivity index (χ0n) is 10.8. The van der Waals surface area contributed by atoms with Gasteiger partial charge in [-0.05, 0) is 50.1 Å². The third-order valence-corrected chi connectivity index (χ3v) is 2.97. The smallest absolute Gasteiger partial charge is 0.0433 e. The van der Waals surface area contributed by atoms with Gasteiger partial charge in [0.05, 0.1) is 0 Å². The molecule has 0 saturated carbocycles. The zero-order valence-corrected chi connectivity index (χ0v) is 11.6. The average molecular weight is 250 g/mol. The Morgan fingerprint density at radius 2 is 2.18 bits per heavy atom. The lowest BCUT2D eigenvalue weighted by Crippen LogP contribution is -2.22. The predicted octanol–water partition coefficient (Wildman–Crippen LogP) is 4.10. The summed E-state index contributed by atoms with van der Waals surface area (Å²) in [6.45, 7) is 7.16. The third-order valence-electron chi connectivity index (χ3n) is 2.73. The van der Waals surface area contributed by atoms with Gasteiger partial charge >= 0.3 is 0 Å². The Balaban J connectivity index is 2.89. The lowest BCUT2D eigenvalue weighted by Gasteiger charge is -2.19. The van der Waals surface area contributed by atoms with Crippen LogP contribution in [0, 0.1) is 18.8 Å². The Labute approximate surface area is 110 Å². The van der Waals surface area contributed by atoms with Gasteiger partial charge in [-0.2, -0.15) is 0 Å². The van der Waals surface area contributed by atoms with Gasteiger partial charge in [0.2, 0.25) is 0 Å². The van der Waals surface area contributed by atoms with Crippen molar-refractivity contribution in [2.45, 2.75) is 39.7 Å². The van der Waals surface area contributed by atoms with Gasteiger partial charge in [0.1, 0.15) is 0 Å². The molecular formula is C15H20ClN. The van der Waals surface area contributed by atoms with Crippen molar-refractivity contribution in [3.63, 3.8) is 0 Å². The first-order valence-electron chi connectivity index (χ1n) is 6.08. The second-order valence-electron chi connectivity index (χ2n) is 4.14. The summed E-state index contributed by atoms with van der Waals surface area (Å²) < 4.78 is 0. The van der Waals surface area contributed by atoms with Gasteiger partial charge in [0, 0.05) is 17.5 Å². The number of nitrogens with one attached hydrogen (secondary N) is 1. The number of rotatable bonds is 5. The van der Waals surface area contributed by atoms with Crippen molar-refractivity contribution in [1.82, 2.24) is 5.32 Å². The van der Waals surface area contributed by atoms with E-state index in [0.29, 0.717) is 6.04 Å². The van der Waals surface area contributed by atoms with Gasteiger partial charge < -0.3 is 5.32 Å². The van der Waals surface area contributed by atoms with Crippen LogP contribution in [-0.2, 0) is 0 Å². The van der Waals surface area contributed by atoms with Crippen molar-refractivity contribution in [3.05, 3.63) is 34.3 Å². The first-order valence-corrected chi connectivity index (χ1v) is 6.45. The van der Waals surface area contributed by atoms with Crippen LogP contribution in [0.15, 0.2) is 18.2 Å². The Bertz CT molecular complexity index is 415. The van der Waals surface area contributed by atoms with E-state index in [0.717, 1.165) is 24.4 Å². The van der Waals surface area contributed by atoms with E-state index in [1.165, 1.54) is 11.1 Å². The molecule has 1 atom stereocenters. The van der Waals surface area contributed by atoms with Gasteiger partial charge in [-0.3, -0.25) is 0 Å². The number of aryl methyl sites for hydroxylation is 1. The Morgan fingerprint density at radius 1 is 1.41 bits per heavy atom. The summed E-state index contributed by atoms with van der Waals surface area (Å²) >= 11 is 5.98. The van der Waals surface area contributed by atoms with Gasteiger partial charge in [-0.15, -0.1) is 11.8 Å². The first kappa shape index (κ1) is 14.1. The number of hydrogen-bond acceptors (Lipinski definition) is 1. The van der Waals surface area contributed by atoms with E-state index in [4.69, 9.17) is 11.6 Å². The van der Waals surface area contributed by atoms with Crippen molar-refractivity contribution >= 4 is 11.6 Å². The summed E-state index contributed by atoms with van der Waals surface area (Å²) in [5.41, 5.74) is 2.52. The van der Waals surface area contributed by atoms with Gasteiger partial charge in [0.15, 0.2) is 0 Å². The van der Waals surface area contributed by atoms with Crippen molar-refractivity contribution in [2.75, 3.05) is 6.54 Å². The van der Waals surface area contributed by atoms with Crippen LogP contribution >= 0.6 is 11.6 Å². The molecule has 1 aromatic carbocycles. The maximum atomic E-state index is 5.98. The second kappa shape index (κ2) is 7.37. The molecule has 1 aromatic rings. The van der Waals surface area contributed by atoms with E-state index in [-0.39, 0.29) is 0 Å². The molecule has 0 heterocycles. The summed E-state index contributed by atoms with van der Waals surface area (Å²) in [4.78, 5) is 0. The summed E-state index contributed by atoms with van der Waals surface area (Å²) in [6.07, 6.45) is 1.97. The van der Waals surface area contributed by atoms with Crippen LogP contribution in [0.4, 0.5) is 0 Å². The van der Waals surface area contributed by atoms with E-state index in [2.05, 4.69) is 37.1 Å². The molecule has 17 heavy (non-hydrogen) atoms.